The number of halogens is 2. The lowest BCUT2D eigenvalue weighted by Gasteiger charge is -2.29. The molecule has 1 aliphatic heterocycles. The van der Waals surface area contributed by atoms with E-state index in [1.54, 1.807) is 0 Å². The molecule has 0 saturated carbocycles. The third-order valence-corrected chi connectivity index (χ3v) is 3.48. The van der Waals surface area contributed by atoms with Crippen LogP contribution in [0.3, 0.4) is 0 Å². The van der Waals surface area contributed by atoms with Gasteiger partial charge in [0.2, 0.25) is 5.91 Å². The Hall–Kier alpha value is -1.49. The summed E-state index contributed by atoms with van der Waals surface area (Å²) in [4.78, 5) is 13.9. The molecule has 1 aliphatic rings. The number of carbonyl (C=O) groups excluding carboxylic acids is 1. The largest absolute Gasteiger partial charge is 0.378 e. The van der Waals surface area contributed by atoms with E-state index in [9.17, 15) is 4.79 Å². The molecule has 4 nitrogen and oxygen atoms in total. The van der Waals surface area contributed by atoms with Crippen LogP contribution in [0.4, 0.5) is 5.69 Å². The van der Waals surface area contributed by atoms with Crippen molar-refractivity contribution in [1.82, 2.24) is 5.32 Å². The van der Waals surface area contributed by atoms with Crippen molar-refractivity contribution < 1.29 is 9.53 Å². The summed E-state index contributed by atoms with van der Waals surface area (Å²) in [7, 11) is 0. The maximum atomic E-state index is 11.6. The van der Waals surface area contributed by atoms with E-state index in [4.69, 9.17) is 27.9 Å². The maximum absolute atomic E-state index is 11.6. The van der Waals surface area contributed by atoms with Gasteiger partial charge in [0.05, 0.1) is 13.2 Å². The minimum absolute atomic E-state index is 0.113. The fourth-order valence-corrected chi connectivity index (χ4v) is 2.29. The van der Waals surface area contributed by atoms with E-state index in [1.807, 2.05) is 12.1 Å². The molecule has 0 radical (unpaired) electrons. The molecule has 1 N–H and O–H groups in total. The third kappa shape index (κ3) is 5.72. The van der Waals surface area contributed by atoms with Gasteiger partial charge in [-0.3, -0.25) is 4.79 Å². The summed E-state index contributed by atoms with van der Waals surface area (Å²) in [5.41, 5.74) is 2.21. The highest BCUT2D eigenvalue weighted by atomic mass is 35.5. The number of nitrogens with zero attached hydrogens (tertiary/aromatic N) is 1. The van der Waals surface area contributed by atoms with Crippen molar-refractivity contribution in [2.45, 2.75) is 6.54 Å². The van der Waals surface area contributed by atoms with Gasteiger partial charge in [0.1, 0.15) is 4.49 Å². The van der Waals surface area contributed by atoms with E-state index in [-0.39, 0.29) is 10.4 Å². The van der Waals surface area contributed by atoms with Crippen LogP contribution in [0.2, 0.25) is 0 Å². The predicted octanol–water partition coefficient (Wildman–Crippen LogP) is 3.01. The highest BCUT2D eigenvalue weighted by molar-refractivity contribution is 6.56. The van der Waals surface area contributed by atoms with Gasteiger partial charge < -0.3 is 15.0 Å². The van der Waals surface area contributed by atoms with E-state index in [2.05, 4.69) is 22.3 Å². The lowest BCUT2D eigenvalue weighted by atomic mass is 10.1. The highest BCUT2D eigenvalue weighted by Gasteiger charge is 2.11. The second kappa shape index (κ2) is 8.83. The van der Waals surface area contributed by atoms with Gasteiger partial charge in [0, 0.05) is 31.4 Å². The molecule has 0 atom stereocenters. The quantitative estimate of drug-likeness (QED) is 0.661. The first-order valence-electron chi connectivity index (χ1n) is 7.04. The number of benzene rings is 1. The monoisotopic (exact) mass is 340 g/mol. The molecule has 1 aromatic carbocycles. The summed E-state index contributed by atoms with van der Waals surface area (Å²) in [6.45, 7) is 3.76. The van der Waals surface area contributed by atoms with E-state index < -0.39 is 0 Å². The fraction of sp³-hybridized carbons (Fsp3) is 0.312. The molecular weight excluding hydrogens is 323 g/mol. The summed E-state index contributed by atoms with van der Waals surface area (Å²) >= 11 is 10.9. The van der Waals surface area contributed by atoms with Gasteiger partial charge in [0.15, 0.2) is 0 Å². The lowest BCUT2D eigenvalue weighted by Crippen LogP contribution is -2.36. The number of amides is 1. The number of ether oxygens (including phenoxy) is 1. The van der Waals surface area contributed by atoms with Gasteiger partial charge in [0.25, 0.3) is 0 Å². The molecule has 2 rings (SSSR count). The summed E-state index contributed by atoms with van der Waals surface area (Å²) < 4.78 is 5.47. The molecule has 1 aromatic rings. The van der Waals surface area contributed by atoms with Crippen molar-refractivity contribution in [1.29, 1.82) is 0 Å². The molecule has 0 aromatic heterocycles. The van der Waals surface area contributed by atoms with Crippen LogP contribution in [-0.4, -0.2) is 32.2 Å². The number of hydrogen-bond acceptors (Lipinski definition) is 3. The molecule has 1 fully saturated rings. The Morgan fingerprint density at radius 1 is 1.32 bits per heavy atom. The van der Waals surface area contributed by atoms with Gasteiger partial charge in [-0.15, -0.1) is 0 Å². The fourth-order valence-electron chi connectivity index (χ4n) is 2.14. The van der Waals surface area contributed by atoms with Gasteiger partial charge in [-0.05, 0) is 23.8 Å². The first kappa shape index (κ1) is 16.9. The number of nitrogens with one attached hydrogen (secondary N) is 1. The zero-order chi connectivity index (χ0) is 15.8. The Morgan fingerprint density at radius 2 is 2.09 bits per heavy atom. The Labute approximate surface area is 140 Å². The SMILES string of the molecule is O=C(/C=C/C=C(Cl)Cl)NCc1cccc(N2CCOCC2)c1. The summed E-state index contributed by atoms with van der Waals surface area (Å²) in [6.07, 6.45) is 4.34. The number of allylic oxidation sites excluding steroid dienone is 2. The summed E-state index contributed by atoms with van der Waals surface area (Å²) in [5.74, 6) is -0.192. The Kier molecular flexibility index (Phi) is 6.77. The first-order chi connectivity index (χ1) is 10.6. The van der Waals surface area contributed by atoms with Crippen LogP contribution in [0, 0.1) is 0 Å². The molecule has 0 aliphatic carbocycles. The number of rotatable bonds is 5. The van der Waals surface area contributed by atoms with Gasteiger partial charge >= 0.3 is 0 Å². The molecule has 22 heavy (non-hydrogen) atoms. The number of morpholine rings is 1. The number of hydrogen-bond donors (Lipinski definition) is 1. The molecule has 6 heteroatoms. The van der Waals surface area contributed by atoms with Gasteiger partial charge in [-0.1, -0.05) is 41.4 Å². The predicted molar refractivity (Wildman–Crippen MR) is 90.2 cm³/mol. The highest BCUT2D eigenvalue weighted by Crippen LogP contribution is 2.17. The van der Waals surface area contributed by atoms with Crippen molar-refractivity contribution in [3.8, 4) is 0 Å². The second-order valence-electron chi connectivity index (χ2n) is 4.80. The Morgan fingerprint density at radius 3 is 2.82 bits per heavy atom. The van der Waals surface area contributed by atoms with Crippen LogP contribution >= 0.6 is 23.2 Å². The molecule has 1 amide bonds. The molecular formula is C16H18Cl2N2O2. The molecule has 0 unspecified atom stereocenters. The van der Waals surface area contributed by atoms with Crippen LogP contribution in [0.5, 0.6) is 0 Å². The van der Waals surface area contributed by atoms with E-state index in [1.165, 1.54) is 18.2 Å². The standard InChI is InChI=1S/C16H18Cl2N2O2/c17-15(18)5-2-6-16(21)19-12-13-3-1-4-14(11-13)20-7-9-22-10-8-20/h1-6,11H,7-10,12H2,(H,19,21)/b6-2+. The van der Waals surface area contributed by atoms with Crippen LogP contribution < -0.4 is 10.2 Å². The van der Waals surface area contributed by atoms with Crippen LogP contribution in [-0.2, 0) is 16.1 Å². The number of anilines is 1. The normalized spacial score (nSPS) is 14.9. The Balaban J connectivity index is 1.89. The minimum Gasteiger partial charge on any atom is -0.378 e. The van der Waals surface area contributed by atoms with Crippen LogP contribution in [0.1, 0.15) is 5.56 Å². The zero-order valence-corrected chi connectivity index (χ0v) is 13.6. The van der Waals surface area contributed by atoms with Crippen molar-refractivity contribution in [3.63, 3.8) is 0 Å². The third-order valence-electron chi connectivity index (χ3n) is 3.22. The Bertz CT molecular complexity index is 563. The van der Waals surface area contributed by atoms with Crippen LogP contribution in [0.25, 0.3) is 0 Å². The van der Waals surface area contributed by atoms with E-state index in [0.717, 1.165) is 37.6 Å². The van der Waals surface area contributed by atoms with Crippen molar-refractivity contribution in [2.75, 3.05) is 31.2 Å². The average Bonchev–Trinajstić information content (AvgIpc) is 2.54. The van der Waals surface area contributed by atoms with Crippen molar-refractivity contribution in [3.05, 3.63) is 52.5 Å². The lowest BCUT2D eigenvalue weighted by molar-refractivity contribution is -0.116. The minimum atomic E-state index is -0.192. The number of carbonyl (C=O) groups is 1. The second-order valence-corrected chi connectivity index (χ2v) is 5.81. The molecule has 1 heterocycles. The molecule has 0 bridgehead atoms. The molecule has 1 saturated heterocycles. The zero-order valence-electron chi connectivity index (χ0n) is 12.1. The van der Waals surface area contributed by atoms with E-state index >= 15 is 0 Å². The van der Waals surface area contributed by atoms with Crippen molar-refractivity contribution >= 4 is 34.8 Å². The van der Waals surface area contributed by atoms with E-state index in [0.29, 0.717) is 6.54 Å². The van der Waals surface area contributed by atoms with Crippen LogP contribution in [0.15, 0.2) is 47.0 Å². The summed E-state index contributed by atoms with van der Waals surface area (Å²) in [5, 5.41) is 2.82. The maximum Gasteiger partial charge on any atom is 0.244 e. The topological polar surface area (TPSA) is 41.6 Å². The van der Waals surface area contributed by atoms with Gasteiger partial charge in [-0.25, -0.2) is 0 Å². The first-order valence-corrected chi connectivity index (χ1v) is 7.79. The van der Waals surface area contributed by atoms with Crippen molar-refractivity contribution in [2.24, 2.45) is 0 Å². The molecule has 118 valence electrons. The van der Waals surface area contributed by atoms with Gasteiger partial charge in [-0.2, -0.15) is 0 Å². The molecule has 0 spiro atoms. The smallest absolute Gasteiger partial charge is 0.244 e. The average molecular weight is 341 g/mol. The summed E-state index contributed by atoms with van der Waals surface area (Å²) in [6, 6.07) is 8.15.